The molecule has 0 radical (unpaired) electrons. The number of nitrogens with zero attached hydrogens (tertiary/aromatic N) is 2. The maximum Gasteiger partial charge on any atom is 0.248 e. The third kappa shape index (κ3) is 3.67. The van der Waals surface area contributed by atoms with E-state index in [4.69, 9.17) is 9.47 Å². The predicted octanol–water partition coefficient (Wildman–Crippen LogP) is 1.34. The summed E-state index contributed by atoms with van der Waals surface area (Å²) in [6, 6.07) is 7.59. The third-order valence-corrected chi connectivity index (χ3v) is 4.97. The maximum atomic E-state index is 13.0. The van der Waals surface area contributed by atoms with Gasteiger partial charge in [-0.1, -0.05) is 6.07 Å². The van der Waals surface area contributed by atoms with Crippen LogP contribution in [0.4, 0.5) is 0 Å². The van der Waals surface area contributed by atoms with Gasteiger partial charge in [-0.25, -0.2) is 0 Å². The smallest absolute Gasteiger partial charge is 0.248 e. The van der Waals surface area contributed by atoms with E-state index in [1.54, 1.807) is 25.1 Å². The molecular formula is C19H26N4O3. The number of carbonyl (C=O) groups excluding carboxylic acids is 1. The number of nitrogens with one attached hydrogen (secondary N) is 2. The number of amides is 1. The maximum absolute atomic E-state index is 13.0. The van der Waals surface area contributed by atoms with E-state index in [1.165, 1.54) is 0 Å². The van der Waals surface area contributed by atoms with Gasteiger partial charge in [0.05, 0.1) is 14.2 Å². The molecule has 0 unspecified atom stereocenters. The van der Waals surface area contributed by atoms with Gasteiger partial charge in [-0.05, 0) is 50.0 Å². The van der Waals surface area contributed by atoms with Crippen LogP contribution in [0.3, 0.4) is 0 Å². The zero-order valence-corrected chi connectivity index (χ0v) is 15.3. The second-order valence-corrected chi connectivity index (χ2v) is 6.42. The van der Waals surface area contributed by atoms with Crippen molar-refractivity contribution in [2.75, 3.05) is 33.9 Å². The number of benzene rings is 1. The Kier molecular flexibility index (Phi) is 5.78. The fourth-order valence-corrected chi connectivity index (χ4v) is 3.46. The molecule has 1 aromatic heterocycles. The monoisotopic (exact) mass is 358 g/mol. The van der Waals surface area contributed by atoms with Crippen molar-refractivity contribution in [1.29, 1.82) is 0 Å². The summed E-state index contributed by atoms with van der Waals surface area (Å²) >= 11 is 0. The van der Waals surface area contributed by atoms with Crippen molar-refractivity contribution in [3.05, 3.63) is 42.2 Å². The van der Waals surface area contributed by atoms with Gasteiger partial charge in [0.1, 0.15) is 17.0 Å². The number of methoxy groups -OCH3 is 2. The van der Waals surface area contributed by atoms with Gasteiger partial charge in [-0.2, -0.15) is 5.10 Å². The largest absolute Gasteiger partial charge is 0.497 e. The summed E-state index contributed by atoms with van der Waals surface area (Å²) in [5.41, 5.74) is 0.422. The van der Waals surface area contributed by atoms with Gasteiger partial charge in [-0.15, -0.1) is 0 Å². The van der Waals surface area contributed by atoms with Crippen molar-refractivity contribution in [1.82, 2.24) is 20.4 Å². The SMILES string of the molecule is COc1ccc(CCNC(=O)C2(n3cccn3)CCNCC2)c(OC)c1. The highest BCUT2D eigenvalue weighted by Crippen LogP contribution is 2.28. The molecule has 2 heterocycles. The molecule has 1 aromatic carbocycles. The minimum absolute atomic E-state index is 0.0233. The summed E-state index contributed by atoms with van der Waals surface area (Å²) in [4.78, 5) is 13.0. The third-order valence-electron chi connectivity index (χ3n) is 4.97. The van der Waals surface area contributed by atoms with Crippen LogP contribution in [-0.2, 0) is 16.8 Å². The van der Waals surface area contributed by atoms with Crippen LogP contribution in [0.5, 0.6) is 11.5 Å². The van der Waals surface area contributed by atoms with Crippen molar-refractivity contribution >= 4 is 5.91 Å². The van der Waals surface area contributed by atoms with Gasteiger partial charge in [-0.3, -0.25) is 9.48 Å². The molecule has 1 aliphatic rings. The minimum Gasteiger partial charge on any atom is -0.497 e. The van der Waals surface area contributed by atoms with Crippen LogP contribution in [0.25, 0.3) is 0 Å². The normalized spacial score (nSPS) is 16.1. The molecule has 0 aliphatic carbocycles. The fourth-order valence-electron chi connectivity index (χ4n) is 3.46. The van der Waals surface area contributed by atoms with Crippen LogP contribution < -0.4 is 20.1 Å². The van der Waals surface area contributed by atoms with Crippen molar-refractivity contribution in [3.63, 3.8) is 0 Å². The highest BCUT2D eigenvalue weighted by atomic mass is 16.5. The number of hydrogen-bond acceptors (Lipinski definition) is 5. The number of hydrogen-bond donors (Lipinski definition) is 2. The average molecular weight is 358 g/mol. The number of carbonyl (C=O) groups is 1. The Balaban J connectivity index is 1.66. The van der Waals surface area contributed by atoms with Crippen LogP contribution in [0, 0.1) is 0 Å². The number of ether oxygens (including phenoxy) is 2. The lowest BCUT2D eigenvalue weighted by molar-refractivity contribution is -0.131. The Bertz CT molecular complexity index is 724. The molecule has 2 aromatic rings. The van der Waals surface area contributed by atoms with E-state index in [0.29, 0.717) is 13.0 Å². The van der Waals surface area contributed by atoms with Gasteiger partial charge < -0.3 is 20.1 Å². The molecular weight excluding hydrogens is 332 g/mol. The van der Waals surface area contributed by atoms with Gasteiger partial charge >= 0.3 is 0 Å². The van der Waals surface area contributed by atoms with Gasteiger partial charge in [0.25, 0.3) is 0 Å². The van der Waals surface area contributed by atoms with E-state index >= 15 is 0 Å². The molecule has 3 rings (SSSR count). The van der Waals surface area contributed by atoms with Crippen LogP contribution in [0.2, 0.25) is 0 Å². The lowest BCUT2D eigenvalue weighted by Gasteiger charge is -2.36. The fraction of sp³-hybridized carbons (Fsp3) is 0.474. The summed E-state index contributed by atoms with van der Waals surface area (Å²) in [5.74, 6) is 1.54. The highest BCUT2D eigenvalue weighted by molar-refractivity contribution is 5.84. The molecule has 1 amide bonds. The summed E-state index contributed by atoms with van der Waals surface area (Å²) in [6.45, 7) is 2.15. The molecule has 0 atom stereocenters. The predicted molar refractivity (Wildman–Crippen MR) is 98.6 cm³/mol. The molecule has 2 N–H and O–H groups in total. The number of aromatic nitrogens is 2. The lowest BCUT2D eigenvalue weighted by atomic mass is 9.87. The second-order valence-electron chi connectivity index (χ2n) is 6.42. The lowest BCUT2D eigenvalue weighted by Crippen LogP contribution is -2.54. The van der Waals surface area contributed by atoms with Crippen LogP contribution in [0.15, 0.2) is 36.7 Å². The van der Waals surface area contributed by atoms with E-state index in [1.807, 2.05) is 30.5 Å². The second kappa shape index (κ2) is 8.23. The first kappa shape index (κ1) is 18.3. The number of piperidine rings is 1. The minimum atomic E-state index is -0.612. The molecule has 1 saturated heterocycles. The van der Waals surface area contributed by atoms with Crippen LogP contribution in [0.1, 0.15) is 18.4 Å². The average Bonchev–Trinajstić information content (AvgIpc) is 3.24. The summed E-state index contributed by atoms with van der Waals surface area (Å²) < 4.78 is 12.5. The molecule has 26 heavy (non-hydrogen) atoms. The first-order valence-corrected chi connectivity index (χ1v) is 8.89. The molecule has 7 heteroatoms. The Labute approximate surface area is 153 Å². The van der Waals surface area contributed by atoms with Crippen molar-refractivity contribution in [3.8, 4) is 11.5 Å². The molecule has 1 fully saturated rings. The summed E-state index contributed by atoms with van der Waals surface area (Å²) in [5, 5.41) is 10.8. The molecule has 1 aliphatic heterocycles. The molecule has 0 spiro atoms. The van der Waals surface area contributed by atoms with Crippen LogP contribution >= 0.6 is 0 Å². The number of rotatable bonds is 7. The summed E-state index contributed by atoms with van der Waals surface area (Å²) in [6.07, 6.45) is 5.74. The molecule has 0 bridgehead atoms. The zero-order chi connectivity index (χ0) is 18.4. The van der Waals surface area contributed by atoms with E-state index in [-0.39, 0.29) is 5.91 Å². The topological polar surface area (TPSA) is 77.4 Å². The zero-order valence-electron chi connectivity index (χ0n) is 15.3. The molecule has 7 nitrogen and oxygen atoms in total. The first-order chi connectivity index (χ1) is 12.7. The van der Waals surface area contributed by atoms with E-state index in [9.17, 15) is 4.79 Å². The Hall–Kier alpha value is -2.54. The van der Waals surface area contributed by atoms with E-state index < -0.39 is 5.54 Å². The van der Waals surface area contributed by atoms with Gasteiger partial charge in [0.2, 0.25) is 5.91 Å². The van der Waals surface area contributed by atoms with E-state index in [2.05, 4.69) is 15.7 Å². The first-order valence-electron chi connectivity index (χ1n) is 8.89. The molecule has 140 valence electrons. The standard InChI is InChI=1S/C19H26N4O3/c1-25-16-5-4-15(17(14-16)26-2)6-10-21-18(24)19(7-11-20-12-8-19)23-13-3-9-22-23/h3-5,9,13-14,20H,6-8,10-12H2,1-2H3,(H,21,24). The Morgan fingerprint density at radius 2 is 2.12 bits per heavy atom. The van der Waals surface area contributed by atoms with Gasteiger partial charge in [0, 0.05) is 25.0 Å². The quantitative estimate of drug-likeness (QED) is 0.781. The van der Waals surface area contributed by atoms with Crippen LogP contribution in [-0.4, -0.2) is 49.5 Å². The Morgan fingerprint density at radius 1 is 1.31 bits per heavy atom. The molecule has 0 saturated carbocycles. The highest BCUT2D eigenvalue weighted by Gasteiger charge is 2.41. The van der Waals surface area contributed by atoms with Crippen molar-refractivity contribution in [2.24, 2.45) is 0 Å². The summed E-state index contributed by atoms with van der Waals surface area (Å²) in [7, 11) is 3.26. The Morgan fingerprint density at radius 3 is 2.77 bits per heavy atom. The van der Waals surface area contributed by atoms with Crippen molar-refractivity contribution in [2.45, 2.75) is 24.8 Å². The van der Waals surface area contributed by atoms with E-state index in [0.717, 1.165) is 43.0 Å². The van der Waals surface area contributed by atoms with Crippen molar-refractivity contribution < 1.29 is 14.3 Å². The van der Waals surface area contributed by atoms with Gasteiger partial charge in [0.15, 0.2) is 0 Å².